The molecular weight excluding hydrogens is 400 g/mol. The van der Waals surface area contributed by atoms with Gasteiger partial charge in [-0.15, -0.1) is 0 Å². The lowest BCUT2D eigenvalue weighted by Gasteiger charge is -2.40. The highest BCUT2D eigenvalue weighted by atomic mass is 16.3. The Labute approximate surface area is 192 Å². The fourth-order valence-corrected chi connectivity index (χ4v) is 4.79. The third-order valence-corrected chi connectivity index (χ3v) is 6.71. The lowest BCUT2D eigenvalue weighted by molar-refractivity contribution is -0.120. The second-order valence-electron chi connectivity index (χ2n) is 9.55. The van der Waals surface area contributed by atoms with Crippen LogP contribution in [0.5, 0.6) is 5.75 Å². The number of rotatable bonds is 9. The van der Waals surface area contributed by atoms with E-state index in [-0.39, 0.29) is 17.2 Å². The summed E-state index contributed by atoms with van der Waals surface area (Å²) in [4.78, 5) is 11.8. The van der Waals surface area contributed by atoms with Crippen molar-refractivity contribution in [1.29, 1.82) is 0 Å². The van der Waals surface area contributed by atoms with Crippen molar-refractivity contribution in [3.63, 3.8) is 0 Å². The highest BCUT2D eigenvalue weighted by molar-refractivity contribution is 5.73. The van der Waals surface area contributed by atoms with Gasteiger partial charge in [-0.25, -0.2) is 0 Å². The van der Waals surface area contributed by atoms with Crippen LogP contribution in [0.1, 0.15) is 75.5 Å². The molecule has 1 amide bonds. The zero-order valence-corrected chi connectivity index (χ0v) is 19.6. The molecule has 0 bridgehead atoms. The number of aromatic hydroxyl groups is 1. The first-order valence-corrected chi connectivity index (χ1v) is 11.9. The zero-order chi connectivity index (χ0) is 23.1. The normalized spacial score (nSPS) is 17.7. The second kappa shape index (κ2) is 11.0. The van der Waals surface area contributed by atoms with Gasteiger partial charge in [0, 0.05) is 19.0 Å². The molecule has 2 aromatic rings. The number of hydrogen-bond acceptors (Lipinski definition) is 4. The summed E-state index contributed by atoms with van der Waals surface area (Å²) in [5, 5.41) is 27.3. The number of hydrogen-bond donors (Lipinski definition) is 4. The van der Waals surface area contributed by atoms with Crippen molar-refractivity contribution in [3.8, 4) is 5.75 Å². The van der Waals surface area contributed by atoms with E-state index in [4.69, 9.17) is 0 Å². The number of aliphatic hydroxyl groups is 1. The molecule has 2 aromatic carbocycles. The van der Waals surface area contributed by atoms with Crippen molar-refractivity contribution in [2.45, 2.75) is 82.9 Å². The lowest BCUT2D eigenvalue weighted by atomic mass is 9.75. The number of aliphatic hydroxyl groups excluding tert-OH is 1. The maximum absolute atomic E-state index is 11.8. The van der Waals surface area contributed by atoms with Crippen molar-refractivity contribution < 1.29 is 15.0 Å². The van der Waals surface area contributed by atoms with E-state index >= 15 is 0 Å². The Kier molecular flexibility index (Phi) is 8.32. The third-order valence-electron chi connectivity index (χ3n) is 6.71. The van der Waals surface area contributed by atoms with Gasteiger partial charge in [-0.1, -0.05) is 69.5 Å². The van der Waals surface area contributed by atoms with E-state index in [2.05, 4.69) is 48.7 Å². The average Bonchev–Trinajstić information content (AvgIpc) is 2.79. The molecule has 0 saturated heterocycles. The summed E-state index contributed by atoms with van der Waals surface area (Å²) in [6, 6.07) is 15.3. The van der Waals surface area contributed by atoms with E-state index in [1.165, 1.54) is 24.5 Å². The number of carbonyl (C=O) groups excluding carboxylic acids is 1. The molecule has 0 radical (unpaired) electrons. The molecule has 1 fully saturated rings. The molecule has 5 nitrogen and oxygen atoms in total. The van der Waals surface area contributed by atoms with Crippen molar-refractivity contribution in [1.82, 2.24) is 10.6 Å². The first-order chi connectivity index (χ1) is 15.3. The van der Waals surface area contributed by atoms with E-state index in [1.54, 1.807) is 12.1 Å². The SMILES string of the molecule is CC(=O)NC(Cc1ccc(O)cc1)C(O)CNC1(c2cccc(C(C)C)c2)CCCCC1. The molecule has 174 valence electrons. The van der Waals surface area contributed by atoms with E-state index in [9.17, 15) is 15.0 Å². The minimum atomic E-state index is -0.736. The number of amides is 1. The van der Waals surface area contributed by atoms with Crippen LogP contribution in [0.3, 0.4) is 0 Å². The summed E-state index contributed by atoms with van der Waals surface area (Å²) in [6.07, 6.45) is 5.42. The number of benzene rings is 2. The van der Waals surface area contributed by atoms with Gasteiger partial charge in [0.1, 0.15) is 5.75 Å². The van der Waals surface area contributed by atoms with Gasteiger partial charge in [0.25, 0.3) is 0 Å². The summed E-state index contributed by atoms with van der Waals surface area (Å²) in [5.74, 6) is 0.510. The van der Waals surface area contributed by atoms with Crippen molar-refractivity contribution >= 4 is 5.91 Å². The fraction of sp³-hybridized carbons (Fsp3) is 0.519. The van der Waals surface area contributed by atoms with Crippen LogP contribution >= 0.6 is 0 Å². The molecule has 5 heteroatoms. The predicted molar refractivity (Wildman–Crippen MR) is 129 cm³/mol. The third kappa shape index (κ3) is 6.33. The van der Waals surface area contributed by atoms with Crippen LogP contribution in [0.4, 0.5) is 0 Å². The molecule has 1 aliphatic carbocycles. The van der Waals surface area contributed by atoms with Gasteiger partial charge in [0.15, 0.2) is 0 Å². The summed E-state index contributed by atoms with van der Waals surface area (Å²) < 4.78 is 0. The molecule has 0 heterocycles. The molecule has 0 aromatic heterocycles. The van der Waals surface area contributed by atoms with E-state index < -0.39 is 12.1 Å². The lowest BCUT2D eigenvalue weighted by Crippen LogP contribution is -2.53. The van der Waals surface area contributed by atoms with E-state index in [1.807, 2.05) is 12.1 Å². The van der Waals surface area contributed by atoms with Gasteiger partial charge >= 0.3 is 0 Å². The number of nitrogens with one attached hydrogen (secondary N) is 2. The predicted octanol–water partition coefficient (Wildman–Crippen LogP) is 4.37. The first kappa shape index (κ1) is 24.3. The Morgan fingerprint density at radius 2 is 1.75 bits per heavy atom. The van der Waals surface area contributed by atoms with Crippen LogP contribution < -0.4 is 10.6 Å². The number of carbonyl (C=O) groups is 1. The minimum Gasteiger partial charge on any atom is -0.508 e. The Morgan fingerprint density at radius 3 is 2.38 bits per heavy atom. The largest absolute Gasteiger partial charge is 0.508 e. The zero-order valence-electron chi connectivity index (χ0n) is 19.6. The van der Waals surface area contributed by atoms with Crippen LogP contribution in [0.15, 0.2) is 48.5 Å². The highest BCUT2D eigenvalue weighted by Gasteiger charge is 2.35. The molecule has 0 spiro atoms. The van der Waals surface area contributed by atoms with E-state index in [0.29, 0.717) is 18.9 Å². The summed E-state index contributed by atoms with van der Waals surface area (Å²) >= 11 is 0. The van der Waals surface area contributed by atoms with Crippen LogP contribution in [-0.2, 0) is 16.8 Å². The Morgan fingerprint density at radius 1 is 1.06 bits per heavy atom. The highest BCUT2D eigenvalue weighted by Crippen LogP contribution is 2.38. The average molecular weight is 439 g/mol. The molecule has 2 unspecified atom stereocenters. The van der Waals surface area contributed by atoms with Crippen molar-refractivity contribution in [2.24, 2.45) is 0 Å². The van der Waals surface area contributed by atoms with Gasteiger partial charge in [-0.2, -0.15) is 0 Å². The Bertz CT molecular complexity index is 873. The maximum atomic E-state index is 11.8. The molecule has 4 N–H and O–H groups in total. The van der Waals surface area contributed by atoms with Gasteiger partial charge in [-0.3, -0.25) is 4.79 Å². The first-order valence-electron chi connectivity index (χ1n) is 11.9. The van der Waals surface area contributed by atoms with Crippen LogP contribution in [0.25, 0.3) is 0 Å². The fourth-order valence-electron chi connectivity index (χ4n) is 4.79. The van der Waals surface area contributed by atoms with Gasteiger partial charge < -0.3 is 20.8 Å². The molecular formula is C27H38N2O3. The smallest absolute Gasteiger partial charge is 0.217 e. The summed E-state index contributed by atoms with van der Waals surface area (Å²) in [6.45, 7) is 6.30. The van der Waals surface area contributed by atoms with Crippen LogP contribution in [0, 0.1) is 0 Å². The Balaban J connectivity index is 1.76. The molecule has 1 saturated carbocycles. The van der Waals surface area contributed by atoms with Crippen molar-refractivity contribution in [2.75, 3.05) is 6.54 Å². The molecule has 0 aliphatic heterocycles. The van der Waals surface area contributed by atoms with Crippen LogP contribution in [0.2, 0.25) is 0 Å². The minimum absolute atomic E-state index is 0.149. The molecule has 3 rings (SSSR count). The van der Waals surface area contributed by atoms with Crippen molar-refractivity contribution in [3.05, 3.63) is 65.2 Å². The second-order valence-corrected chi connectivity index (χ2v) is 9.55. The van der Waals surface area contributed by atoms with Gasteiger partial charge in [0.05, 0.1) is 12.1 Å². The van der Waals surface area contributed by atoms with Gasteiger partial charge in [-0.05, 0) is 54.0 Å². The molecule has 2 atom stereocenters. The number of phenolic OH excluding ortho intramolecular Hbond substituents is 1. The van der Waals surface area contributed by atoms with Gasteiger partial charge in [0.2, 0.25) is 5.91 Å². The number of phenols is 1. The topological polar surface area (TPSA) is 81.6 Å². The molecule has 1 aliphatic rings. The Hall–Kier alpha value is -2.37. The van der Waals surface area contributed by atoms with Crippen LogP contribution in [-0.4, -0.2) is 34.8 Å². The molecule has 32 heavy (non-hydrogen) atoms. The van der Waals surface area contributed by atoms with E-state index in [0.717, 1.165) is 31.2 Å². The standard InChI is InChI=1S/C27H38N2O3/c1-19(2)22-8-7-9-23(17-22)27(14-5-4-6-15-27)28-18-26(32)25(29-20(3)30)16-21-10-12-24(31)13-11-21/h7-13,17,19,25-26,28,31-32H,4-6,14-16,18H2,1-3H3,(H,29,30). The maximum Gasteiger partial charge on any atom is 0.217 e. The summed E-state index contributed by atoms with van der Waals surface area (Å²) in [5.41, 5.74) is 3.43. The quantitative estimate of drug-likeness (QED) is 0.469. The monoisotopic (exact) mass is 438 g/mol. The summed E-state index contributed by atoms with van der Waals surface area (Å²) in [7, 11) is 0.